The van der Waals surface area contributed by atoms with E-state index < -0.39 is 17.8 Å². The van der Waals surface area contributed by atoms with Gasteiger partial charge >= 0.3 is 6.03 Å². The summed E-state index contributed by atoms with van der Waals surface area (Å²) in [6.07, 6.45) is 0.149. The SMILES string of the molecule is [C-]#[N+]c1cc(NC(=O)N2CCc3nn4c(c3C2)C(F)(F)CC[C@H](CO)C4)ccc1F. The van der Waals surface area contributed by atoms with Crippen molar-refractivity contribution in [1.29, 1.82) is 0 Å². The lowest BCUT2D eigenvalue weighted by molar-refractivity contribution is -0.0226. The van der Waals surface area contributed by atoms with Crippen LogP contribution in [-0.4, -0.2) is 39.0 Å². The Morgan fingerprint density at radius 2 is 2.23 bits per heavy atom. The van der Waals surface area contributed by atoms with Crippen LogP contribution in [0.3, 0.4) is 0 Å². The van der Waals surface area contributed by atoms with E-state index in [0.29, 0.717) is 24.2 Å². The van der Waals surface area contributed by atoms with E-state index >= 15 is 0 Å². The van der Waals surface area contributed by atoms with Crippen LogP contribution in [0.5, 0.6) is 0 Å². The van der Waals surface area contributed by atoms with Crippen molar-refractivity contribution in [3.8, 4) is 0 Å². The topological polar surface area (TPSA) is 74.8 Å². The normalized spacial score (nSPS) is 20.0. The molecule has 1 atom stereocenters. The molecule has 0 bridgehead atoms. The average Bonchev–Trinajstić information content (AvgIpc) is 3.04. The number of hydrogen-bond donors (Lipinski definition) is 2. The Balaban J connectivity index is 1.57. The summed E-state index contributed by atoms with van der Waals surface area (Å²) in [6.45, 7) is 7.27. The van der Waals surface area contributed by atoms with E-state index in [1.54, 1.807) is 0 Å². The van der Waals surface area contributed by atoms with E-state index in [0.717, 1.165) is 6.07 Å². The summed E-state index contributed by atoms with van der Waals surface area (Å²) in [5.74, 6) is -4.06. The first kappa shape index (κ1) is 20.2. The number of rotatable bonds is 2. The number of aliphatic hydroxyl groups excluding tert-OH is 1. The maximum Gasteiger partial charge on any atom is 0.322 e. The molecule has 2 N–H and O–H groups in total. The van der Waals surface area contributed by atoms with E-state index in [2.05, 4.69) is 15.3 Å². The average molecular weight is 419 g/mol. The van der Waals surface area contributed by atoms with Crippen LogP contribution < -0.4 is 5.32 Å². The molecule has 30 heavy (non-hydrogen) atoms. The molecular formula is C20H20F3N5O2. The van der Waals surface area contributed by atoms with Crippen LogP contribution in [0.25, 0.3) is 4.85 Å². The van der Waals surface area contributed by atoms with Crippen LogP contribution in [0.4, 0.5) is 29.3 Å². The van der Waals surface area contributed by atoms with Crippen molar-refractivity contribution in [2.45, 2.75) is 38.3 Å². The molecule has 4 rings (SSSR count). The predicted molar refractivity (Wildman–Crippen MR) is 102 cm³/mol. The standard InChI is InChI=1S/C20H20F3N5O2/c1-24-17-8-13(2-3-15(17)21)25-19(30)27-7-5-16-14(10-27)18-20(22,23)6-4-12(11-29)9-28(18)26-16/h2-3,8,12,29H,4-7,9-11H2,(H,25,30)/t12-/m0/s1. The lowest BCUT2D eigenvalue weighted by Crippen LogP contribution is -2.39. The zero-order chi connectivity index (χ0) is 21.5. The number of nitrogens with one attached hydrogen (secondary N) is 1. The van der Waals surface area contributed by atoms with Gasteiger partial charge in [0, 0.05) is 49.7 Å². The molecule has 0 radical (unpaired) electrons. The van der Waals surface area contributed by atoms with E-state index in [1.165, 1.54) is 21.7 Å². The van der Waals surface area contributed by atoms with E-state index in [1.807, 2.05) is 0 Å². The van der Waals surface area contributed by atoms with E-state index in [9.17, 15) is 23.1 Å². The highest BCUT2D eigenvalue weighted by Gasteiger charge is 2.43. The Labute approximate surface area is 170 Å². The van der Waals surface area contributed by atoms with Gasteiger partial charge in [-0.25, -0.2) is 14.0 Å². The van der Waals surface area contributed by atoms with Crippen molar-refractivity contribution in [2.24, 2.45) is 5.92 Å². The fourth-order valence-electron chi connectivity index (χ4n) is 4.01. The zero-order valence-corrected chi connectivity index (χ0v) is 16.0. The van der Waals surface area contributed by atoms with Crippen molar-refractivity contribution < 1.29 is 23.1 Å². The zero-order valence-electron chi connectivity index (χ0n) is 16.0. The van der Waals surface area contributed by atoms with Crippen LogP contribution >= 0.6 is 0 Å². The number of aliphatic hydroxyl groups is 1. The Hall–Kier alpha value is -3.06. The fraction of sp³-hybridized carbons (Fsp3) is 0.450. The molecule has 10 heteroatoms. The number of benzene rings is 1. The highest BCUT2D eigenvalue weighted by Crippen LogP contribution is 2.41. The summed E-state index contributed by atoms with van der Waals surface area (Å²) in [4.78, 5) is 17.1. The van der Waals surface area contributed by atoms with Gasteiger partial charge in [-0.2, -0.15) is 13.9 Å². The second-order valence-corrected chi connectivity index (χ2v) is 7.63. The highest BCUT2D eigenvalue weighted by molar-refractivity contribution is 5.90. The number of fused-ring (bicyclic) bond motifs is 3. The van der Waals surface area contributed by atoms with Crippen molar-refractivity contribution in [2.75, 3.05) is 18.5 Å². The lowest BCUT2D eigenvalue weighted by atomic mass is 9.98. The van der Waals surface area contributed by atoms with Gasteiger partial charge in [-0.05, 0) is 24.6 Å². The minimum absolute atomic E-state index is 0.0211. The molecule has 7 nitrogen and oxygen atoms in total. The van der Waals surface area contributed by atoms with Crippen LogP contribution in [0.2, 0.25) is 0 Å². The van der Waals surface area contributed by atoms with Gasteiger partial charge in [0.15, 0.2) is 0 Å². The fourth-order valence-corrected chi connectivity index (χ4v) is 4.01. The molecule has 2 aromatic rings. The van der Waals surface area contributed by atoms with Crippen LogP contribution in [0, 0.1) is 18.3 Å². The van der Waals surface area contributed by atoms with Crippen molar-refractivity contribution in [3.63, 3.8) is 0 Å². The molecule has 158 valence electrons. The number of amides is 2. The van der Waals surface area contributed by atoms with Gasteiger partial charge in [0.25, 0.3) is 5.92 Å². The molecule has 0 fully saturated rings. The number of anilines is 1. The van der Waals surface area contributed by atoms with E-state index in [-0.39, 0.29) is 55.5 Å². The Bertz CT molecular complexity index is 1030. The molecule has 2 aliphatic rings. The third kappa shape index (κ3) is 3.61. The molecule has 3 heterocycles. The first-order valence-electron chi connectivity index (χ1n) is 9.63. The van der Waals surface area contributed by atoms with E-state index in [4.69, 9.17) is 6.57 Å². The smallest absolute Gasteiger partial charge is 0.322 e. The number of carbonyl (C=O) groups excluding carboxylic acids is 1. The summed E-state index contributed by atoms with van der Waals surface area (Å²) in [6, 6.07) is 3.14. The Kier molecular flexibility index (Phi) is 5.15. The second-order valence-electron chi connectivity index (χ2n) is 7.63. The molecule has 1 aromatic heterocycles. The van der Waals surface area contributed by atoms with Gasteiger partial charge in [0.1, 0.15) is 11.5 Å². The maximum atomic E-state index is 14.9. The summed E-state index contributed by atoms with van der Waals surface area (Å²) in [7, 11) is 0. The molecule has 0 spiro atoms. The van der Waals surface area contributed by atoms with Crippen LogP contribution in [-0.2, 0) is 25.4 Å². The number of hydrogen-bond acceptors (Lipinski definition) is 3. The van der Waals surface area contributed by atoms with Crippen molar-refractivity contribution in [3.05, 3.63) is 52.4 Å². The molecule has 0 aliphatic carbocycles. The Morgan fingerprint density at radius 1 is 1.43 bits per heavy atom. The number of alkyl halides is 2. The summed E-state index contributed by atoms with van der Waals surface area (Å²) in [5.41, 5.74) is 0.755. The lowest BCUT2D eigenvalue weighted by Gasteiger charge is -2.28. The molecule has 2 amide bonds. The van der Waals surface area contributed by atoms with Crippen LogP contribution in [0.15, 0.2) is 18.2 Å². The number of aromatic nitrogens is 2. The summed E-state index contributed by atoms with van der Waals surface area (Å²) < 4.78 is 44.5. The summed E-state index contributed by atoms with van der Waals surface area (Å²) in [5, 5.41) is 16.4. The van der Waals surface area contributed by atoms with Gasteiger partial charge in [-0.3, -0.25) is 4.68 Å². The van der Waals surface area contributed by atoms with Gasteiger partial charge in [0.2, 0.25) is 5.69 Å². The minimum atomic E-state index is -3.09. The third-order valence-corrected chi connectivity index (χ3v) is 5.61. The number of halogens is 3. The monoisotopic (exact) mass is 419 g/mol. The first-order chi connectivity index (χ1) is 14.3. The van der Waals surface area contributed by atoms with Gasteiger partial charge in [-0.15, -0.1) is 0 Å². The highest BCUT2D eigenvalue weighted by atomic mass is 19.3. The first-order valence-corrected chi connectivity index (χ1v) is 9.63. The molecule has 0 unspecified atom stereocenters. The molecule has 0 saturated carbocycles. The molecule has 1 aromatic carbocycles. The number of urea groups is 1. The minimum Gasteiger partial charge on any atom is -0.396 e. The molecule has 0 saturated heterocycles. The van der Waals surface area contributed by atoms with Gasteiger partial charge < -0.3 is 15.3 Å². The van der Waals surface area contributed by atoms with Crippen molar-refractivity contribution in [1.82, 2.24) is 14.7 Å². The van der Waals surface area contributed by atoms with Crippen molar-refractivity contribution >= 4 is 17.4 Å². The number of carbonyl (C=O) groups is 1. The molecule has 2 aliphatic heterocycles. The summed E-state index contributed by atoms with van der Waals surface area (Å²) >= 11 is 0. The largest absolute Gasteiger partial charge is 0.396 e. The van der Waals surface area contributed by atoms with Gasteiger partial charge in [-0.1, -0.05) is 0 Å². The Morgan fingerprint density at radius 3 is 2.97 bits per heavy atom. The van der Waals surface area contributed by atoms with Crippen LogP contribution in [0.1, 0.15) is 29.8 Å². The predicted octanol–water partition coefficient (Wildman–Crippen LogP) is 3.66. The number of nitrogens with zero attached hydrogens (tertiary/aromatic N) is 4. The second kappa shape index (κ2) is 7.65. The molecular weight excluding hydrogens is 399 g/mol. The third-order valence-electron chi connectivity index (χ3n) is 5.61. The van der Waals surface area contributed by atoms with Gasteiger partial charge in [0.05, 0.1) is 18.8 Å². The quantitative estimate of drug-likeness (QED) is 0.730. The maximum absolute atomic E-state index is 14.9.